The Kier molecular flexibility index (Phi) is 1.81. The molecule has 64 valence electrons. The highest BCUT2D eigenvalue weighted by atomic mass is 16.1. The molecular weight excluding hydrogens is 162 g/mol. The normalized spacial score (nSPS) is 10.2. The highest BCUT2D eigenvalue weighted by molar-refractivity contribution is 5.81. The highest BCUT2D eigenvalue weighted by Crippen LogP contribution is 2.09. The van der Waals surface area contributed by atoms with Crippen LogP contribution in [0.4, 0.5) is 0 Å². The van der Waals surface area contributed by atoms with Gasteiger partial charge in [0, 0.05) is 11.5 Å². The van der Waals surface area contributed by atoms with Crippen LogP contribution in [0.2, 0.25) is 0 Å². The van der Waals surface area contributed by atoms with Crippen molar-refractivity contribution < 1.29 is 9.36 Å². The van der Waals surface area contributed by atoms with Crippen molar-refractivity contribution in [3.05, 3.63) is 42.7 Å². The van der Waals surface area contributed by atoms with Crippen molar-refractivity contribution in [2.24, 2.45) is 0 Å². The Bertz CT molecular complexity index is 462. The van der Waals surface area contributed by atoms with Gasteiger partial charge in [0.05, 0.1) is 6.92 Å². The second-order valence-corrected chi connectivity index (χ2v) is 3.00. The topological polar surface area (TPSA) is 20.9 Å². The van der Waals surface area contributed by atoms with E-state index >= 15 is 0 Å². The average molecular weight is 172 g/mol. The fourth-order valence-electron chi connectivity index (χ4n) is 1.33. The van der Waals surface area contributed by atoms with E-state index in [9.17, 15) is 4.79 Å². The number of nitrogens with zero attached hydrogens (tertiary/aromatic N) is 1. The first-order valence-corrected chi connectivity index (χ1v) is 4.18. The van der Waals surface area contributed by atoms with Crippen molar-refractivity contribution >= 4 is 16.7 Å². The van der Waals surface area contributed by atoms with Gasteiger partial charge in [-0.05, 0) is 11.5 Å². The van der Waals surface area contributed by atoms with E-state index in [1.807, 2.05) is 36.5 Å². The molecular formula is C11H10NO+. The van der Waals surface area contributed by atoms with Crippen LogP contribution in [-0.4, -0.2) is 5.91 Å². The van der Waals surface area contributed by atoms with Crippen LogP contribution in [0.5, 0.6) is 0 Å². The summed E-state index contributed by atoms with van der Waals surface area (Å²) in [6, 6.07) is 9.92. The molecule has 2 nitrogen and oxygen atoms in total. The first kappa shape index (κ1) is 7.92. The summed E-state index contributed by atoms with van der Waals surface area (Å²) < 4.78 is 1.59. The summed E-state index contributed by atoms with van der Waals surface area (Å²) in [6.07, 6.45) is 3.63. The lowest BCUT2D eigenvalue weighted by molar-refractivity contribution is -0.571. The van der Waals surface area contributed by atoms with Crippen molar-refractivity contribution in [3.8, 4) is 0 Å². The van der Waals surface area contributed by atoms with E-state index in [0.29, 0.717) is 0 Å². The molecule has 0 aliphatic rings. The van der Waals surface area contributed by atoms with Crippen molar-refractivity contribution in [2.75, 3.05) is 0 Å². The number of pyridine rings is 1. The van der Waals surface area contributed by atoms with Gasteiger partial charge in [-0.3, -0.25) is 0 Å². The van der Waals surface area contributed by atoms with Gasteiger partial charge in [0.2, 0.25) is 0 Å². The van der Waals surface area contributed by atoms with Gasteiger partial charge in [0.15, 0.2) is 12.4 Å². The van der Waals surface area contributed by atoms with Gasteiger partial charge in [-0.15, -0.1) is 4.57 Å². The van der Waals surface area contributed by atoms with Crippen molar-refractivity contribution in [2.45, 2.75) is 6.92 Å². The van der Waals surface area contributed by atoms with E-state index in [2.05, 4.69) is 0 Å². The molecule has 2 heteroatoms. The third-order valence-corrected chi connectivity index (χ3v) is 2.05. The molecule has 0 N–H and O–H groups in total. The van der Waals surface area contributed by atoms with Gasteiger partial charge in [0.25, 0.3) is 0 Å². The maximum absolute atomic E-state index is 11.1. The number of hydrogen-bond acceptors (Lipinski definition) is 1. The predicted octanol–water partition coefficient (Wildman–Crippen LogP) is 1.79. The third-order valence-electron chi connectivity index (χ3n) is 2.05. The van der Waals surface area contributed by atoms with Crippen LogP contribution in [0, 0.1) is 0 Å². The van der Waals surface area contributed by atoms with E-state index in [4.69, 9.17) is 0 Å². The van der Waals surface area contributed by atoms with Crippen molar-refractivity contribution in [1.29, 1.82) is 0 Å². The number of benzene rings is 1. The molecule has 13 heavy (non-hydrogen) atoms. The van der Waals surface area contributed by atoms with Crippen LogP contribution in [0.1, 0.15) is 11.7 Å². The molecule has 0 aliphatic carbocycles. The monoisotopic (exact) mass is 172 g/mol. The quantitative estimate of drug-likeness (QED) is 0.555. The summed E-state index contributed by atoms with van der Waals surface area (Å²) in [4.78, 5) is 11.1. The Labute approximate surface area is 76.4 Å². The van der Waals surface area contributed by atoms with Crippen LogP contribution in [0.3, 0.4) is 0 Å². The van der Waals surface area contributed by atoms with Crippen LogP contribution in [0.15, 0.2) is 42.7 Å². The molecule has 2 rings (SSSR count). The van der Waals surface area contributed by atoms with Gasteiger partial charge >= 0.3 is 5.91 Å². The molecule has 1 aromatic carbocycles. The fraction of sp³-hybridized carbons (Fsp3) is 0.0909. The Balaban J connectivity index is 2.69. The molecule has 1 aromatic heterocycles. The minimum atomic E-state index is 0.0331. The Morgan fingerprint density at radius 2 is 1.85 bits per heavy atom. The number of rotatable bonds is 0. The highest BCUT2D eigenvalue weighted by Gasteiger charge is 2.06. The van der Waals surface area contributed by atoms with Crippen LogP contribution >= 0.6 is 0 Å². The third kappa shape index (κ3) is 1.43. The van der Waals surface area contributed by atoms with E-state index in [0.717, 1.165) is 10.8 Å². The minimum Gasteiger partial charge on any atom is -0.220 e. The fourth-order valence-corrected chi connectivity index (χ4v) is 1.33. The molecule has 2 aromatic rings. The molecule has 0 atom stereocenters. The summed E-state index contributed by atoms with van der Waals surface area (Å²) in [5.74, 6) is 0.0331. The number of fused-ring (bicyclic) bond motifs is 1. The van der Waals surface area contributed by atoms with E-state index < -0.39 is 0 Å². The standard InChI is InChI=1S/C11H10NO/c1-9(13)12-7-6-10-4-2-3-5-11(10)8-12/h2-8H,1H3/q+1. The molecule has 0 saturated carbocycles. The lowest BCUT2D eigenvalue weighted by atomic mass is 10.2. The number of carbonyl (C=O) groups is 1. The molecule has 0 aliphatic heterocycles. The second kappa shape index (κ2) is 2.98. The SMILES string of the molecule is CC(=O)[n+]1ccc2ccccc2c1. The molecule has 0 fully saturated rings. The summed E-state index contributed by atoms with van der Waals surface area (Å²) in [5, 5.41) is 2.24. The van der Waals surface area contributed by atoms with Gasteiger partial charge < -0.3 is 0 Å². The van der Waals surface area contributed by atoms with Gasteiger partial charge in [0.1, 0.15) is 0 Å². The molecule has 0 saturated heterocycles. The summed E-state index contributed by atoms with van der Waals surface area (Å²) >= 11 is 0. The van der Waals surface area contributed by atoms with Crippen molar-refractivity contribution in [1.82, 2.24) is 0 Å². The Hall–Kier alpha value is -1.70. The Morgan fingerprint density at radius 3 is 2.54 bits per heavy atom. The smallest absolute Gasteiger partial charge is 0.220 e. The second-order valence-electron chi connectivity index (χ2n) is 3.00. The molecule has 0 spiro atoms. The maximum Gasteiger partial charge on any atom is 0.389 e. The van der Waals surface area contributed by atoms with Crippen LogP contribution in [0.25, 0.3) is 10.8 Å². The number of aromatic nitrogens is 1. The lowest BCUT2D eigenvalue weighted by Gasteiger charge is -1.93. The zero-order valence-corrected chi connectivity index (χ0v) is 7.40. The van der Waals surface area contributed by atoms with Gasteiger partial charge in [-0.25, -0.2) is 4.79 Å². The molecule has 0 bridgehead atoms. The van der Waals surface area contributed by atoms with E-state index in [1.165, 1.54) is 0 Å². The van der Waals surface area contributed by atoms with E-state index in [1.54, 1.807) is 17.7 Å². The average Bonchev–Trinajstić information content (AvgIpc) is 2.17. The molecule has 0 radical (unpaired) electrons. The van der Waals surface area contributed by atoms with Crippen LogP contribution in [-0.2, 0) is 0 Å². The molecule has 0 amide bonds. The zero-order valence-electron chi connectivity index (χ0n) is 7.40. The number of hydrogen-bond donors (Lipinski definition) is 0. The van der Waals surface area contributed by atoms with Crippen LogP contribution < -0.4 is 4.57 Å². The molecule has 0 unspecified atom stereocenters. The zero-order chi connectivity index (χ0) is 9.26. The molecule has 1 heterocycles. The Morgan fingerprint density at radius 1 is 1.15 bits per heavy atom. The summed E-state index contributed by atoms with van der Waals surface area (Å²) in [5.41, 5.74) is 0. The first-order chi connectivity index (χ1) is 6.27. The summed E-state index contributed by atoms with van der Waals surface area (Å²) in [7, 11) is 0. The predicted molar refractivity (Wildman–Crippen MR) is 50.4 cm³/mol. The summed E-state index contributed by atoms with van der Waals surface area (Å²) in [6.45, 7) is 1.55. The van der Waals surface area contributed by atoms with Gasteiger partial charge in [-0.2, -0.15) is 0 Å². The minimum absolute atomic E-state index is 0.0331. The first-order valence-electron chi connectivity index (χ1n) is 4.18. The largest absolute Gasteiger partial charge is 0.389 e. The van der Waals surface area contributed by atoms with E-state index in [-0.39, 0.29) is 5.91 Å². The van der Waals surface area contributed by atoms with Crippen molar-refractivity contribution in [3.63, 3.8) is 0 Å². The number of carbonyl (C=O) groups excluding carboxylic acids is 1. The van der Waals surface area contributed by atoms with Gasteiger partial charge in [-0.1, -0.05) is 18.2 Å². The maximum atomic E-state index is 11.1. The lowest BCUT2D eigenvalue weighted by Crippen LogP contribution is -2.39.